The summed E-state index contributed by atoms with van der Waals surface area (Å²) in [5.74, 6) is 3.26. The third-order valence-corrected chi connectivity index (χ3v) is 5.06. The van der Waals surface area contributed by atoms with Gasteiger partial charge in [-0.2, -0.15) is 8.78 Å². The molecule has 0 fully saturated rings. The van der Waals surface area contributed by atoms with Crippen molar-refractivity contribution in [3.8, 4) is 11.5 Å². The number of fused-ring (bicyclic) bond motifs is 1. The molecule has 1 aliphatic heterocycles. The Labute approximate surface area is 181 Å². The minimum absolute atomic E-state index is 0.0848. The number of methoxy groups -OCH3 is 1. The number of hydrogen-bond donors (Lipinski definition) is 2. The first-order chi connectivity index (χ1) is 15.1. The SMILES string of the molecule is CCNC(=NCc1cc(OC)ccc1OC(F)F)NCCc1nnc2n1CCCCC2. The van der Waals surface area contributed by atoms with E-state index in [4.69, 9.17) is 4.74 Å². The van der Waals surface area contributed by atoms with Gasteiger partial charge >= 0.3 is 6.61 Å². The Bertz CT molecular complexity index is 872. The number of aromatic nitrogens is 3. The number of benzene rings is 1. The largest absolute Gasteiger partial charge is 0.497 e. The summed E-state index contributed by atoms with van der Waals surface area (Å²) >= 11 is 0. The highest BCUT2D eigenvalue weighted by Crippen LogP contribution is 2.26. The van der Waals surface area contributed by atoms with Gasteiger partial charge in [0.1, 0.15) is 23.1 Å². The summed E-state index contributed by atoms with van der Waals surface area (Å²) in [5, 5.41) is 15.1. The molecule has 0 amide bonds. The predicted octanol–water partition coefficient (Wildman–Crippen LogP) is 2.91. The van der Waals surface area contributed by atoms with Crippen molar-refractivity contribution in [2.75, 3.05) is 20.2 Å². The normalized spacial score (nSPS) is 14.2. The number of aryl methyl sites for hydroxylation is 1. The molecule has 2 heterocycles. The highest BCUT2D eigenvalue weighted by molar-refractivity contribution is 5.79. The lowest BCUT2D eigenvalue weighted by atomic mass is 10.2. The van der Waals surface area contributed by atoms with Crippen LogP contribution in [0.25, 0.3) is 0 Å². The van der Waals surface area contributed by atoms with Gasteiger partial charge in [-0.05, 0) is 38.0 Å². The molecule has 1 aliphatic rings. The van der Waals surface area contributed by atoms with E-state index >= 15 is 0 Å². The van der Waals surface area contributed by atoms with Crippen LogP contribution in [0.3, 0.4) is 0 Å². The summed E-state index contributed by atoms with van der Waals surface area (Å²) in [4.78, 5) is 4.52. The van der Waals surface area contributed by atoms with E-state index in [9.17, 15) is 8.78 Å². The van der Waals surface area contributed by atoms with E-state index in [-0.39, 0.29) is 12.3 Å². The molecule has 0 saturated heterocycles. The zero-order chi connectivity index (χ0) is 22.1. The molecule has 0 bridgehead atoms. The van der Waals surface area contributed by atoms with Crippen LogP contribution in [0.2, 0.25) is 0 Å². The van der Waals surface area contributed by atoms with Gasteiger partial charge in [-0.1, -0.05) is 6.42 Å². The third-order valence-electron chi connectivity index (χ3n) is 5.06. The van der Waals surface area contributed by atoms with E-state index in [1.807, 2.05) is 6.92 Å². The van der Waals surface area contributed by atoms with Crippen LogP contribution in [0, 0.1) is 0 Å². The number of nitrogens with zero attached hydrogens (tertiary/aromatic N) is 4. The summed E-state index contributed by atoms with van der Waals surface area (Å²) in [5.41, 5.74) is 0.514. The molecule has 0 unspecified atom stereocenters. The van der Waals surface area contributed by atoms with Crippen LogP contribution < -0.4 is 20.1 Å². The number of aliphatic imine (C=N–C) groups is 1. The maximum atomic E-state index is 12.7. The second kappa shape index (κ2) is 11.5. The quantitative estimate of drug-likeness (QED) is 0.464. The molecule has 170 valence electrons. The molecule has 8 nitrogen and oxygen atoms in total. The molecule has 0 spiro atoms. The molecule has 2 aromatic rings. The van der Waals surface area contributed by atoms with Crippen molar-refractivity contribution < 1.29 is 18.3 Å². The van der Waals surface area contributed by atoms with E-state index in [1.165, 1.54) is 19.6 Å². The molecule has 0 aliphatic carbocycles. The molecular weight excluding hydrogens is 406 g/mol. The first-order valence-electron chi connectivity index (χ1n) is 10.7. The lowest BCUT2D eigenvalue weighted by Gasteiger charge is -2.14. The van der Waals surface area contributed by atoms with Crippen molar-refractivity contribution in [1.82, 2.24) is 25.4 Å². The van der Waals surface area contributed by atoms with Gasteiger partial charge in [-0.3, -0.25) is 0 Å². The monoisotopic (exact) mass is 436 g/mol. The summed E-state index contributed by atoms with van der Waals surface area (Å²) in [6, 6.07) is 4.69. The molecular formula is C21H30F2N6O2. The average Bonchev–Trinajstić information content (AvgIpc) is 2.98. The van der Waals surface area contributed by atoms with Crippen LogP contribution in [-0.2, 0) is 25.9 Å². The standard InChI is InChI=1S/C21H30F2N6O2/c1-3-24-21(25-11-10-19-28-27-18-7-5-4-6-12-29(18)19)26-14-15-13-16(30-2)8-9-17(15)31-20(22)23/h8-9,13,20H,3-7,10-12,14H2,1-2H3,(H2,24,25,26). The third kappa shape index (κ3) is 6.53. The minimum Gasteiger partial charge on any atom is -0.497 e. The number of nitrogens with one attached hydrogen (secondary N) is 2. The molecule has 0 saturated carbocycles. The first kappa shape index (κ1) is 22.8. The van der Waals surface area contributed by atoms with Crippen molar-refractivity contribution in [3.63, 3.8) is 0 Å². The fourth-order valence-electron chi connectivity index (χ4n) is 3.55. The molecule has 2 N–H and O–H groups in total. The maximum absolute atomic E-state index is 12.7. The van der Waals surface area contributed by atoms with E-state index in [2.05, 4.69) is 35.1 Å². The van der Waals surface area contributed by atoms with E-state index in [0.717, 1.165) is 43.9 Å². The van der Waals surface area contributed by atoms with E-state index in [0.29, 0.717) is 30.4 Å². The van der Waals surface area contributed by atoms with Crippen LogP contribution in [-0.4, -0.2) is 47.5 Å². The first-order valence-corrected chi connectivity index (χ1v) is 10.7. The highest BCUT2D eigenvalue weighted by Gasteiger charge is 2.15. The lowest BCUT2D eigenvalue weighted by Crippen LogP contribution is -2.38. The molecule has 0 atom stereocenters. The Morgan fingerprint density at radius 3 is 2.87 bits per heavy atom. The van der Waals surface area contributed by atoms with Crippen molar-refractivity contribution in [1.29, 1.82) is 0 Å². The Hall–Kier alpha value is -2.91. The van der Waals surface area contributed by atoms with Crippen LogP contribution in [0.1, 0.15) is 43.4 Å². The van der Waals surface area contributed by atoms with Gasteiger partial charge in [0.15, 0.2) is 5.96 Å². The zero-order valence-corrected chi connectivity index (χ0v) is 18.0. The van der Waals surface area contributed by atoms with Crippen molar-refractivity contribution in [2.24, 2.45) is 4.99 Å². The number of halogens is 2. The topological polar surface area (TPSA) is 85.6 Å². The van der Waals surface area contributed by atoms with Gasteiger partial charge in [0.05, 0.1) is 13.7 Å². The van der Waals surface area contributed by atoms with Gasteiger partial charge in [-0.25, -0.2) is 4.99 Å². The van der Waals surface area contributed by atoms with E-state index < -0.39 is 6.61 Å². The lowest BCUT2D eigenvalue weighted by molar-refractivity contribution is -0.0504. The molecule has 10 heteroatoms. The van der Waals surface area contributed by atoms with Gasteiger partial charge in [-0.15, -0.1) is 10.2 Å². The number of alkyl halides is 2. The molecule has 3 rings (SSSR count). The summed E-state index contributed by atoms with van der Waals surface area (Å²) in [6.07, 6.45) is 5.23. The van der Waals surface area contributed by atoms with Crippen LogP contribution in [0.4, 0.5) is 8.78 Å². The summed E-state index contributed by atoms with van der Waals surface area (Å²) in [6.45, 7) is 1.49. The summed E-state index contributed by atoms with van der Waals surface area (Å²) < 4.78 is 37.5. The van der Waals surface area contributed by atoms with Crippen molar-refractivity contribution >= 4 is 5.96 Å². The number of rotatable bonds is 9. The fraction of sp³-hybridized carbons (Fsp3) is 0.571. The maximum Gasteiger partial charge on any atom is 0.387 e. The minimum atomic E-state index is -2.90. The Kier molecular flexibility index (Phi) is 8.43. The Morgan fingerprint density at radius 1 is 1.23 bits per heavy atom. The Balaban J connectivity index is 1.64. The summed E-state index contributed by atoms with van der Waals surface area (Å²) in [7, 11) is 1.52. The second-order valence-corrected chi connectivity index (χ2v) is 7.22. The van der Waals surface area contributed by atoms with Gasteiger partial charge < -0.3 is 24.7 Å². The average molecular weight is 437 g/mol. The number of hydrogen-bond acceptors (Lipinski definition) is 5. The van der Waals surface area contributed by atoms with Crippen molar-refractivity contribution in [3.05, 3.63) is 35.4 Å². The van der Waals surface area contributed by atoms with Crippen LogP contribution >= 0.6 is 0 Å². The number of ether oxygens (including phenoxy) is 2. The molecule has 1 aromatic carbocycles. The van der Waals surface area contributed by atoms with Crippen LogP contribution in [0.5, 0.6) is 11.5 Å². The van der Waals surface area contributed by atoms with Gasteiger partial charge in [0.25, 0.3) is 0 Å². The fourth-order valence-corrected chi connectivity index (χ4v) is 3.55. The highest BCUT2D eigenvalue weighted by atomic mass is 19.3. The second-order valence-electron chi connectivity index (χ2n) is 7.22. The smallest absolute Gasteiger partial charge is 0.387 e. The molecule has 31 heavy (non-hydrogen) atoms. The zero-order valence-electron chi connectivity index (χ0n) is 18.0. The number of guanidine groups is 1. The molecule has 1 aromatic heterocycles. The van der Waals surface area contributed by atoms with E-state index in [1.54, 1.807) is 12.1 Å². The molecule has 0 radical (unpaired) electrons. The van der Waals surface area contributed by atoms with Crippen LogP contribution in [0.15, 0.2) is 23.2 Å². The van der Waals surface area contributed by atoms with Gasteiger partial charge in [0.2, 0.25) is 0 Å². The van der Waals surface area contributed by atoms with Crippen molar-refractivity contribution in [2.45, 2.75) is 58.7 Å². The predicted molar refractivity (Wildman–Crippen MR) is 114 cm³/mol. The van der Waals surface area contributed by atoms with Gasteiger partial charge in [0, 0.05) is 38.0 Å². The Morgan fingerprint density at radius 2 is 2.10 bits per heavy atom.